The van der Waals surface area contributed by atoms with Crippen molar-refractivity contribution in [2.45, 2.75) is 25.4 Å². The molecule has 0 saturated carbocycles. The molecule has 1 N–H and O–H groups in total. The number of hydrogen-bond donors (Lipinski definition) is 1. The predicted molar refractivity (Wildman–Crippen MR) is 106 cm³/mol. The molecule has 2 aromatic heterocycles. The summed E-state index contributed by atoms with van der Waals surface area (Å²) in [6.45, 7) is 2.91. The predicted octanol–water partition coefficient (Wildman–Crippen LogP) is 4.23. The number of likely N-dealkylation sites (tertiary alicyclic amines) is 1. The third kappa shape index (κ3) is 3.87. The quantitative estimate of drug-likeness (QED) is 0.665. The maximum atomic E-state index is 10.9. The molecule has 3 aromatic rings. The summed E-state index contributed by atoms with van der Waals surface area (Å²) in [4.78, 5) is 22.9. The molecule has 0 bridgehead atoms. The molecular formula is C19H19ClN4OS. The van der Waals surface area contributed by atoms with Crippen LogP contribution in [0.3, 0.4) is 0 Å². The third-order valence-corrected chi connectivity index (χ3v) is 5.89. The number of carbonyl (C=O) groups excluding carboxylic acids is 1. The fraction of sp³-hybridized carbons (Fsp3) is 0.316. The minimum Gasteiger partial charge on any atom is -0.367 e. The van der Waals surface area contributed by atoms with Gasteiger partial charge in [0.1, 0.15) is 23.3 Å². The lowest BCUT2D eigenvalue weighted by atomic mass is 10.0. The van der Waals surface area contributed by atoms with Crippen molar-refractivity contribution in [1.29, 1.82) is 0 Å². The van der Waals surface area contributed by atoms with Crippen molar-refractivity contribution in [1.82, 2.24) is 14.9 Å². The van der Waals surface area contributed by atoms with Crippen LogP contribution < -0.4 is 5.32 Å². The topological polar surface area (TPSA) is 58.1 Å². The van der Waals surface area contributed by atoms with Crippen molar-refractivity contribution in [2.75, 3.05) is 18.4 Å². The Bertz CT molecular complexity index is 921. The normalized spacial score (nSPS) is 16.0. The highest BCUT2D eigenvalue weighted by molar-refractivity contribution is 7.22. The molecule has 1 aliphatic heterocycles. The number of aromatic nitrogens is 2. The van der Waals surface area contributed by atoms with Gasteiger partial charge in [-0.25, -0.2) is 9.97 Å². The number of benzene rings is 1. The highest BCUT2D eigenvalue weighted by atomic mass is 35.5. The molecule has 0 spiro atoms. The number of piperidine rings is 1. The third-order valence-electron chi connectivity index (χ3n) is 4.72. The van der Waals surface area contributed by atoms with Crippen LogP contribution in [0, 0.1) is 0 Å². The number of hydrogen-bond acceptors (Lipinski definition) is 6. The first-order chi connectivity index (χ1) is 12.7. The highest BCUT2D eigenvalue weighted by Gasteiger charge is 2.20. The molecule has 5 nitrogen and oxygen atoms in total. The number of fused-ring (bicyclic) bond motifs is 1. The van der Waals surface area contributed by atoms with Gasteiger partial charge in [0, 0.05) is 31.2 Å². The van der Waals surface area contributed by atoms with Crippen LogP contribution in [0.25, 0.3) is 10.2 Å². The molecule has 1 saturated heterocycles. The molecule has 0 amide bonds. The number of thiophene rings is 1. The second-order valence-electron chi connectivity index (χ2n) is 6.55. The van der Waals surface area contributed by atoms with E-state index < -0.39 is 0 Å². The van der Waals surface area contributed by atoms with Crippen LogP contribution in [0.15, 0.2) is 36.7 Å². The van der Waals surface area contributed by atoms with Crippen LogP contribution in [0.1, 0.15) is 28.8 Å². The van der Waals surface area contributed by atoms with Crippen molar-refractivity contribution in [3.05, 3.63) is 52.1 Å². The maximum absolute atomic E-state index is 10.9. The van der Waals surface area contributed by atoms with Gasteiger partial charge in [-0.15, -0.1) is 11.3 Å². The van der Waals surface area contributed by atoms with E-state index in [9.17, 15) is 4.79 Å². The molecule has 26 heavy (non-hydrogen) atoms. The number of nitrogens with one attached hydrogen (secondary N) is 1. The maximum Gasteiger partial charge on any atom is 0.150 e. The standard InChI is InChI=1S/C19H19ClN4OS/c20-17-9-16-18(21-12-22-19(16)26-17)23-15-4-6-24(7-5-15)10-13-2-1-3-14(8-13)11-25/h1-3,8-9,11-12,15H,4-7,10H2,(H,21,22,23). The molecule has 0 radical (unpaired) electrons. The van der Waals surface area contributed by atoms with E-state index >= 15 is 0 Å². The Morgan fingerprint density at radius 3 is 2.92 bits per heavy atom. The van der Waals surface area contributed by atoms with Gasteiger partial charge in [0.25, 0.3) is 0 Å². The smallest absolute Gasteiger partial charge is 0.150 e. The number of aldehydes is 1. The van der Waals surface area contributed by atoms with Crippen LogP contribution in [0.2, 0.25) is 4.34 Å². The largest absolute Gasteiger partial charge is 0.367 e. The van der Waals surface area contributed by atoms with Crippen molar-refractivity contribution in [2.24, 2.45) is 0 Å². The zero-order valence-electron chi connectivity index (χ0n) is 14.2. The van der Waals surface area contributed by atoms with E-state index in [0.29, 0.717) is 6.04 Å². The van der Waals surface area contributed by atoms with Crippen LogP contribution in [0.4, 0.5) is 5.82 Å². The van der Waals surface area contributed by atoms with Crippen LogP contribution in [0.5, 0.6) is 0 Å². The molecule has 1 aliphatic rings. The number of rotatable bonds is 5. The Labute approximate surface area is 161 Å². The molecule has 0 atom stereocenters. The monoisotopic (exact) mass is 386 g/mol. The molecule has 4 rings (SSSR count). The molecule has 0 unspecified atom stereocenters. The minimum absolute atomic E-state index is 0.393. The van der Waals surface area contributed by atoms with E-state index in [2.05, 4.69) is 26.3 Å². The zero-order valence-corrected chi connectivity index (χ0v) is 15.8. The Morgan fingerprint density at radius 2 is 2.12 bits per heavy atom. The Hall–Kier alpha value is -2.02. The number of anilines is 1. The fourth-order valence-electron chi connectivity index (χ4n) is 3.39. The lowest BCUT2D eigenvalue weighted by molar-refractivity contribution is 0.112. The van der Waals surface area contributed by atoms with E-state index in [4.69, 9.17) is 11.6 Å². The summed E-state index contributed by atoms with van der Waals surface area (Å²) in [6.07, 6.45) is 4.60. The summed E-state index contributed by atoms with van der Waals surface area (Å²) < 4.78 is 0.732. The van der Waals surface area contributed by atoms with E-state index in [1.165, 1.54) is 16.9 Å². The summed E-state index contributed by atoms with van der Waals surface area (Å²) in [5, 5.41) is 4.56. The van der Waals surface area contributed by atoms with Gasteiger partial charge in [-0.05, 0) is 30.5 Å². The summed E-state index contributed by atoms with van der Waals surface area (Å²) in [6, 6.07) is 10.2. The average Bonchev–Trinajstić information content (AvgIpc) is 3.05. The van der Waals surface area contributed by atoms with E-state index in [0.717, 1.165) is 64.7 Å². The van der Waals surface area contributed by atoms with Gasteiger partial charge in [-0.3, -0.25) is 9.69 Å². The molecule has 7 heteroatoms. The minimum atomic E-state index is 0.393. The first-order valence-electron chi connectivity index (χ1n) is 8.64. The molecule has 1 fully saturated rings. The lowest BCUT2D eigenvalue weighted by Gasteiger charge is -2.32. The summed E-state index contributed by atoms with van der Waals surface area (Å²) in [7, 11) is 0. The van der Waals surface area contributed by atoms with Gasteiger partial charge in [0.2, 0.25) is 0 Å². The molecule has 0 aliphatic carbocycles. The summed E-state index contributed by atoms with van der Waals surface area (Å²) in [5.41, 5.74) is 1.92. The van der Waals surface area contributed by atoms with Crippen LogP contribution >= 0.6 is 22.9 Å². The molecular weight excluding hydrogens is 368 g/mol. The first kappa shape index (κ1) is 17.4. The van der Waals surface area contributed by atoms with Gasteiger partial charge in [-0.1, -0.05) is 29.8 Å². The molecule has 3 heterocycles. The van der Waals surface area contributed by atoms with Crippen molar-refractivity contribution >= 4 is 45.3 Å². The Kier molecular flexibility index (Phi) is 5.15. The molecule has 1 aromatic carbocycles. The second kappa shape index (κ2) is 7.70. The fourth-order valence-corrected chi connectivity index (χ4v) is 4.45. The second-order valence-corrected chi connectivity index (χ2v) is 8.21. The van der Waals surface area contributed by atoms with Gasteiger partial charge in [-0.2, -0.15) is 0 Å². The van der Waals surface area contributed by atoms with E-state index in [-0.39, 0.29) is 0 Å². The Morgan fingerprint density at radius 1 is 1.27 bits per heavy atom. The van der Waals surface area contributed by atoms with Crippen molar-refractivity contribution in [3.8, 4) is 0 Å². The molecule has 134 valence electrons. The van der Waals surface area contributed by atoms with Gasteiger partial charge >= 0.3 is 0 Å². The van der Waals surface area contributed by atoms with Crippen LogP contribution in [-0.2, 0) is 6.54 Å². The van der Waals surface area contributed by atoms with Crippen molar-refractivity contribution < 1.29 is 4.79 Å². The average molecular weight is 387 g/mol. The zero-order chi connectivity index (χ0) is 17.9. The first-order valence-corrected chi connectivity index (χ1v) is 9.84. The number of carbonyl (C=O) groups is 1. The summed E-state index contributed by atoms with van der Waals surface area (Å²) >= 11 is 7.58. The summed E-state index contributed by atoms with van der Waals surface area (Å²) in [5.74, 6) is 0.871. The van der Waals surface area contributed by atoms with E-state index in [1.807, 2.05) is 24.3 Å². The van der Waals surface area contributed by atoms with Gasteiger partial charge < -0.3 is 5.32 Å². The van der Waals surface area contributed by atoms with Crippen LogP contribution in [-0.4, -0.2) is 40.3 Å². The van der Waals surface area contributed by atoms with E-state index in [1.54, 1.807) is 6.33 Å². The van der Waals surface area contributed by atoms with Gasteiger partial charge in [0.15, 0.2) is 0 Å². The van der Waals surface area contributed by atoms with Gasteiger partial charge in [0.05, 0.1) is 9.72 Å². The SMILES string of the molecule is O=Cc1cccc(CN2CCC(Nc3ncnc4sc(Cl)cc34)CC2)c1. The number of nitrogens with zero attached hydrogens (tertiary/aromatic N) is 3. The van der Waals surface area contributed by atoms with Crippen molar-refractivity contribution in [3.63, 3.8) is 0 Å². The highest BCUT2D eigenvalue weighted by Crippen LogP contribution is 2.32. The Balaban J connectivity index is 1.36. The lowest BCUT2D eigenvalue weighted by Crippen LogP contribution is -2.38. The number of halogens is 1.